The van der Waals surface area contributed by atoms with Crippen molar-refractivity contribution in [1.29, 1.82) is 0 Å². The number of rotatable bonds is 4. The average molecular weight is 278 g/mol. The molecule has 0 atom stereocenters. The lowest BCUT2D eigenvalue weighted by molar-refractivity contribution is 0.318. The van der Waals surface area contributed by atoms with E-state index in [1.807, 2.05) is 0 Å². The molecule has 0 unspecified atom stereocenters. The van der Waals surface area contributed by atoms with Crippen LogP contribution >= 0.6 is 11.8 Å². The van der Waals surface area contributed by atoms with E-state index in [9.17, 15) is 4.39 Å². The maximum Gasteiger partial charge on any atom is 0.173 e. The van der Waals surface area contributed by atoms with E-state index in [1.54, 1.807) is 24.4 Å². The minimum absolute atomic E-state index is 0.0864. The maximum atomic E-state index is 14.1. The smallest absolute Gasteiger partial charge is 0.173 e. The van der Waals surface area contributed by atoms with Gasteiger partial charge < -0.3 is 10.9 Å². The van der Waals surface area contributed by atoms with Gasteiger partial charge in [0.25, 0.3) is 0 Å². The van der Waals surface area contributed by atoms with Gasteiger partial charge in [-0.05, 0) is 17.7 Å². The Morgan fingerprint density at radius 3 is 2.95 bits per heavy atom. The van der Waals surface area contributed by atoms with Crippen LogP contribution in [0.5, 0.6) is 0 Å². The van der Waals surface area contributed by atoms with Gasteiger partial charge in [-0.3, -0.25) is 0 Å². The third kappa shape index (κ3) is 3.19. The van der Waals surface area contributed by atoms with E-state index in [1.165, 1.54) is 24.2 Å². The molecule has 1 heterocycles. The first-order valence-corrected chi connectivity index (χ1v) is 6.35. The van der Waals surface area contributed by atoms with Crippen molar-refractivity contribution in [3.05, 3.63) is 53.7 Å². The molecule has 0 spiro atoms. The Morgan fingerprint density at radius 1 is 1.42 bits per heavy atom. The zero-order valence-electron chi connectivity index (χ0n) is 9.82. The van der Waals surface area contributed by atoms with Crippen molar-refractivity contribution >= 4 is 17.6 Å². The maximum absolute atomic E-state index is 14.1. The number of halogens is 1. The van der Waals surface area contributed by atoms with Crippen LogP contribution in [0.2, 0.25) is 0 Å². The first-order chi connectivity index (χ1) is 9.22. The lowest BCUT2D eigenvalue weighted by Gasteiger charge is -2.06. The summed E-state index contributed by atoms with van der Waals surface area (Å²) in [5, 5.41) is 12.1. The number of hydrogen-bond acceptors (Lipinski definition) is 5. The molecular formula is C12H11FN4OS. The average Bonchev–Trinajstić information content (AvgIpc) is 2.46. The van der Waals surface area contributed by atoms with Crippen LogP contribution in [0.1, 0.15) is 11.1 Å². The number of benzene rings is 1. The third-order valence-corrected chi connectivity index (χ3v) is 3.39. The summed E-state index contributed by atoms with van der Waals surface area (Å²) in [5.41, 5.74) is 5.96. The second-order valence-corrected chi connectivity index (χ2v) is 4.60. The van der Waals surface area contributed by atoms with E-state index in [-0.39, 0.29) is 11.4 Å². The van der Waals surface area contributed by atoms with Gasteiger partial charge >= 0.3 is 0 Å². The summed E-state index contributed by atoms with van der Waals surface area (Å²) < 4.78 is 14.1. The number of aromatic nitrogens is 2. The fourth-order valence-corrected chi connectivity index (χ4v) is 2.26. The number of oxime groups is 1. The predicted molar refractivity (Wildman–Crippen MR) is 70.5 cm³/mol. The predicted octanol–water partition coefficient (Wildman–Crippen LogP) is 2.00. The molecule has 0 aliphatic heterocycles. The fraction of sp³-hybridized carbons (Fsp3) is 0.0833. The molecule has 5 nitrogen and oxygen atoms in total. The molecule has 19 heavy (non-hydrogen) atoms. The highest BCUT2D eigenvalue weighted by atomic mass is 32.2. The number of nitrogens with two attached hydrogens (primary N) is 1. The van der Waals surface area contributed by atoms with Gasteiger partial charge in [-0.15, -0.1) is 11.8 Å². The summed E-state index contributed by atoms with van der Waals surface area (Å²) in [7, 11) is 0. The standard InChI is InChI=1S/C12H11FN4OS/c13-11-8(2-1-3-9(11)12(14)17-18)6-19-10-4-5-15-7-16-10/h1-5,7,18H,6H2,(H2,14,17). The molecule has 0 aliphatic rings. The van der Waals surface area contributed by atoms with Gasteiger partial charge in [0.05, 0.1) is 10.6 Å². The summed E-state index contributed by atoms with van der Waals surface area (Å²) in [6.45, 7) is 0. The molecule has 7 heteroatoms. The van der Waals surface area contributed by atoms with Gasteiger partial charge in [-0.25, -0.2) is 14.4 Å². The van der Waals surface area contributed by atoms with Gasteiger partial charge in [0.2, 0.25) is 0 Å². The van der Waals surface area contributed by atoms with Crippen LogP contribution in [0.3, 0.4) is 0 Å². The van der Waals surface area contributed by atoms with E-state index < -0.39 is 5.82 Å². The molecule has 0 amide bonds. The van der Waals surface area contributed by atoms with E-state index in [0.717, 1.165) is 5.03 Å². The van der Waals surface area contributed by atoms with E-state index >= 15 is 0 Å². The zero-order chi connectivity index (χ0) is 13.7. The minimum atomic E-state index is -0.487. The molecule has 0 saturated carbocycles. The monoisotopic (exact) mass is 278 g/mol. The van der Waals surface area contributed by atoms with Gasteiger partial charge in [-0.2, -0.15) is 0 Å². The molecule has 0 aliphatic carbocycles. The SMILES string of the molecule is N/C(=N/O)c1cccc(CSc2ccncn2)c1F. The van der Waals surface area contributed by atoms with E-state index in [4.69, 9.17) is 10.9 Å². The van der Waals surface area contributed by atoms with Gasteiger partial charge in [0, 0.05) is 11.9 Å². The summed E-state index contributed by atoms with van der Waals surface area (Å²) in [6, 6.07) is 6.52. The summed E-state index contributed by atoms with van der Waals surface area (Å²) >= 11 is 1.38. The lowest BCUT2D eigenvalue weighted by Crippen LogP contribution is -2.15. The van der Waals surface area contributed by atoms with E-state index in [0.29, 0.717) is 11.3 Å². The molecule has 0 radical (unpaired) electrons. The van der Waals surface area contributed by atoms with Gasteiger partial charge in [0.15, 0.2) is 5.84 Å². The second kappa shape index (κ2) is 6.14. The zero-order valence-corrected chi connectivity index (χ0v) is 10.6. The fourth-order valence-electron chi connectivity index (χ4n) is 1.46. The number of hydrogen-bond donors (Lipinski definition) is 2. The first-order valence-electron chi connectivity index (χ1n) is 5.36. The third-order valence-electron chi connectivity index (χ3n) is 2.39. The topological polar surface area (TPSA) is 84.4 Å². The minimum Gasteiger partial charge on any atom is -0.409 e. The lowest BCUT2D eigenvalue weighted by atomic mass is 10.1. The van der Waals surface area contributed by atoms with Gasteiger partial charge in [-0.1, -0.05) is 17.3 Å². The highest BCUT2D eigenvalue weighted by Crippen LogP contribution is 2.23. The Kier molecular flexibility index (Phi) is 4.30. The number of nitrogens with zero attached hydrogens (tertiary/aromatic N) is 3. The molecule has 0 fully saturated rings. The quantitative estimate of drug-likeness (QED) is 0.223. The Morgan fingerprint density at radius 2 is 2.26 bits per heavy atom. The van der Waals surface area contributed by atoms with E-state index in [2.05, 4.69) is 15.1 Å². The van der Waals surface area contributed by atoms with Crippen LogP contribution in [0.25, 0.3) is 0 Å². The normalized spacial score (nSPS) is 11.5. The van der Waals surface area contributed by atoms with Crippen LogP contribution in [0.4, 0.5) is 4.39 Å². The van der Waals surface area contributed by atoms with Crippen LogP contribution in [0, 0.1) is 5.82 Å². The summed E-state index contributed by atoms with van der Waals surface area (Å²) in [6.07, 6.45) is 3.06. The van der Waals surface area contributed by atoms with Crippen molar-refractivity contribution in [1.82, 2.24) is 9.97 Å². The van der Waals surface area contributed by atoms with Crippen LogP contribution in [0.15, 0.2) is 47.0 Å². The summed E-state index contributed by atoms with van der Waals surface area (Å²) in [4.78, 5) is 7.85. The summed E-state index contributed by atoms with van der Waals surface area (Å²) in [5.74, 6) is -0.333. The Labute approximate surface area is 113 Å². The number of amidine groups is 1. The van der Waals surface area contributed by atoms with Crippen LogP contribution in [-0.4, -0.2) is 21.0 Å². The molecular weight excluding hydrogens is 267 g/mol. The van der Waals surface area contributed by atoms with Crippen molar-refractivity contribution in [2.24, 2.45) is 10.9 Å². The van der Waals surface area contributed by atoms with Gasteiger partial charge in [0.1, 0.15) is 12.1 Å². The molecule has 1 aromatic heterocycles. The highest BCUT2D eigenvalue weighted by molar-refractivity contribution is 7.98. The second-order valence-electron chi connectivity index (χ2n) is 3.60. The molecule has 3 N–H and O–H groups in total. The van der Waals surface area contributed by atoms with Crippen LogP contribution < -0.4 is 5.73 Å². The van der Waals surface area contributed by atoms with Crippen molar-refractivity contribution in [2.45, 2.75) is 10.8 Å². The molecule has 0 bridgehead atoms. The molecule has 0 saturated heterocycles. The molecule has 1 aromatic carbocycles. The van der Waals surface area contributed by atoms with Crippen molar-refractivity contribution in [3.8, 4) is 0 Å². The molecule has 2 aromatic rings. The molecule has 98 valence electrons. The first kappa shape index (κ1) is 13.3. The molecule has 2 rings (SSSR count). The van der Waals surface area contributed by atoms with Crippen LogP contribution in [-0.2, 0) is 5.75 Å². The Bertz CT molecular complexity index is 592. The van der Waals surface area contributed by atoms with Crippen molar-refractivity contribution in [2.75, 3.05) is 0 Å². The van der Waals surface area contributed by atoms with Crippen molar-refractivity contribution < 1.29 is 9.60 Å². The largest absolute Gasteiger partial charge is 0.409 e. The van der Waals surface area contributed by atoms with Crippen molar-refractivity contribution in [3.63, 3.8) is 0 Å². The number of thioether (sulfide) groups is 1. The Hall–Kier alpha value is -2.15. The Balaban J connectivity index is 2.17. The highest BCUT2D eigenvalue weighted by Gasteiger charge is 2.11.